The van der Waals surface area contributed by atoms with E-state index < -0.39 is 17.7 Å². The second-order valence-electron chi connectivity index (χ2n) is 8.13. The summed E-state index contributed by atoms with van der Waals surface area (Å²) in [6, 6.07) is 14.8. The number of carbonyl (C=O) groups excluding carboxylic acids is 3. The SMILES string of the molecule is CCOC(=O)c1cc(-c2ccc(F)cc2)n(CC(=O)N/N=C/c2cn(C(C)=O)c3ccccc23)c1C. The zero-order valence-corrected chi connectivity index (χ0v) is 20.1. The number of rotatable bonds is 7. The topological polar surface area (TPSA) is 94.7 Å². The van der Waals surface area contributed by atoms with Crippen molar-refractivity contribution >= 4 is 34.9 Å². The summed E-state index contributed by atoms with van der Waals surface area (Å²) in [6.07, 6.45) is 3.14. The van der Waals surface area contributed by atoms with E-state index in [0.29, 0.717) is 28.1 Å². The Balaban J connectivity index is 1.59. The first-order valence-corrected chi connectivity index (χ1v) is 11.4. The second kappa shape index (κ2) is 10.4. The van der Waals surface area contributed by atoms with Crippen LogP contribution in [0.4, 0.5) is 4.39 Å². The maximum Gasteiger partial charge on any atom is 0.339 e. The summed E-state index contributed by atoms with van der Waals surface area (Å²) in [5.74, 6) is -1.46. The van der Waals surface area contributed by atoms with Gasteiger partial charge in [-0.2, -0.15) is 5.10 Å². The predicted molar refractivity (Wildman–Crippen MR) is 134 cm³/mol. The van der Waals surface area contributed by atoms with Crippen molar-refractivity contribution in [2.45, 2.75) is 27.3 Å². The highest BCUT2D eigenvalue weighted by Gasteiger charge is 2.21. The first-order chi connectivity index (χ1) is 17.3. The lowest BCUT2D eigenvalue weighted by atomic mass is 10.1. The fourth-order valence-corrected chi connectivity index (χ4v) is 4.05. The third-order valence-electron chi connectivity index (χ3n) is 5.78. The molecular formula is C27H25FN4O4. The van der Waals surface area contributed by atoms with E-state index in [2.05, 4.69) is 10.5 Å². The summed E-state index contributed by atoms with van der Waals surface area (Å²) in [4.78, 5) is 37.2. The van der Waals surface area contributed by atoms with Crippen LogP contribution in [-0.2, 0) is 16.1 Å². The molecule has 184 valence electrons. The smallest absolute Gasteiger partial charge is 0.339 e. The van der Waals surface area contributed by atoms with E-state index >= 15 is 0 Å². The maximum absolute atomic E-state index is 13.5. The number of hydrazone groups is 1. The number of fused-ring (bicyclic) bond motifs is 1. The van der Waals surface area contributed by atoms with Gasteiger partial charge in [0.2, 0.25) is 5.91 Å². The fraction of sp³-hybridized carbons (Fsp3) is 0.185. The Morgan fingerprint density at radius 2 is 1.83 bits per heavy atom. The van der Waals surface area contributed by atoms with Gasteiger partial charge in [-0.05, 0) is 55.8 Å². The van der Waals surface area contributed by atoms with Crippen LogP contribution < -0.4 is 5.43 Å². The van der Waals surface area contributed by atoms with Gasteiger partial charge in [0.25, 0.3) is 5.91 Å². The number of amides is 1. The molecule has 1 amide bonds. The van der Waals surface area contributed by atoms with Crippen molar-refractivity contribution in [3.05, 3.63) is 83.4 Å². The average molecular weight is 489 g/mol. The van der Waals surface area contributed by atoms with E-state index in [1.165, 1.54) is 29.8 Å². The average Bonchev–Trinajstić information content (AvgIpc) is 3.38. The lowest BCUT2D eigenvalue weighted by molar-refractivity contribution is -0.121. The molecule has 0 atom stereocenters. The number of carbonyl (C=O) groups is 3. The third-order valence-corrected chi connectivity index (χ3v) is 5.78. The van der Waals surface area contributed by atoms with Gasteiger partial charge in [-0.25, -0.2) is 14.6 Å². The molecular weight excluding hydrogens is 463 g/mol. The lowest BCUT2D eigenvalue weighted by Crippen LogP contribution is -2.24. The van der Waals surface area contributed by atoms with Gasteiger partial charge < -0.3 is 9.30 Å². The Bertz CT molecular complexity index is 1480. The van der Waals surface area contributed by atoms with Gasteiger partial charge in [0.1, 0.15) is 12.4 Å². The molecule has 2 heterocycles. The van der Waals surface area contributed by atoms with Crippen LogP contribution in [0.15, 0.2) is 65.9 Å². The molecule has 0 unspecified atom stereocenters. The number of benzene rings is 2. The van der Waals surface area contributed by atoms with Gasteiger partial charge in [0.15, 0.2) is 0 Å². The normalized spacial score (nSPS) is 11.2. The van der Waals surface area contributed by atoms with Crippen LogP contribution in [0.2, 0.25) is 0 Å². The van der Waals surface area contributed by atoms with Crippen molar-refractivity contribution < 1.29 is 23.5 Å². The Hall–Kier alpha value is -4.53. The van der Waals surface area contributed by atoms with Crippen LogP contribution in [-0.4, -0.2) is 39.7 Å². The first kappa shape index (κ1) is 24.6. The molecule has 0 fully saturated rings. The highest BCUT2D eigenvalue weighted by Crippen LogP contribution is 2.27. The minimum atomic E-state index is -0.502. The Morgan fingerprint density at radius 1 is 1.11 bits per heavy atom. The first-order valence-electron chi connectivity index (χ1n) is 11.4. The molecule has 36 heavy (non-hydrogen) atoms. The fourth-order valence-electron chi connectivity index (χ4n) is 4.05. The number of ether oxygens (including phenoxy) is 1. The van der Waals surface area contributed by atoms with Crippen LogP contribution in [0, 0.1) is 12.7 Å². The maximum atomic E-state index is 13.5. The molecule has 1 N–H and O–H groups in total. The Labute approximate surface area is 207 Å². The number of nitrogens with zero attached hydrogens (tertiary/aromatic N) is 3. The van der Waals surface area contributed by atoms with Gasteiger partial charge in [0.05, 0.1) is 23.9 Å². The van der Waals surface area contributed by atoms with E-state index in [1.54, 1.807) is 42.8 Å². The number of hydrogen-bond donors (Lipinski definition) is 1. The van der Waals surface area contributed by atoms with Gasteiger partial charge in [-0.1, -0.05) is 18.2 Å². The molecule has 0 saturated carbocycles. The molecule has 9 heteroatoms. The van der Waals surface area contributed by atoms with Gasteiger partial charge in [0, 0.05) is 35.5 Å². The quantitative estimate of drug-likeness (QED) is 0.235. The molecule has 2 aromatic carbocycles. The van der Waals surface area contributed by atoms with Crippen molar-refractivity contribution in [1.82, 2.24) is 14.6 Å². The van der Waals surface area contributed by atoms with E-state index in [4.69, 9.17) is 4.74 Å². The monoisotopic (exact) mass is 488 g/mol. The zero-order valence-electron chi connectivity index (χ0n) is 20.1. The van der Waals surface area contributed by atoms with Gasteiger partial charge >= 0.3 is 5.97 Å². The van der Waals surface area contributed by atoms with E-state index in [1.807, 2.05) is 24.3 Å². The largest absolute Gasteiger partial charge is 0.462 e. The van der Waals surface area contributed by atoms with Gasteiger partial charge in [-0.3, -0.25) is 14.2 Å². The van der Waals surface area contributed by atoms with Crippen LogP contribution in [0.1, 0.15) is 40.3 Å². The lowest BCUT2D eigenvalue weighted by Gasteiger charge is -2.11. The molecule has 0 spiro atoms. The number of hydrogen-bond acceptors (Lipinski definition) is 5. The van der Waals surface area contributed by atoms with E-state index in [0.717, 1.165) is 10.9 Å². The van der Waals surface area contributed by atoms with Crippen molar-refractivity contribution in [1.29, 1.82) is 0 Å². The summed E-state index contributed by atoms with van der Waals surface area (Å²) in [7, 11) is 0. The van der Waals surface area contributed by atoms with Gasteiger partial charge in [-0.15, -0.1) is 0 Å². The van der Waals surface area contributed by atoms with Crippen LogP contribution >= 0.6 is 0 Å². The highest BCUT2D eigenvalue weighted by atomic mass is 19.1. The molecule has 2 aromatic heterocycles. The van der Waals surface area contributed by atoms with Crippen molar-refractivity contribution in [2.24, 2.45) is 5.10 Å². The van der Waals surface area contributed by atoms with Crippen molar-refractivity contribution in [3.63, 3.8) is 0 Å². The standard InChI is InChI=1S/C27H25FN4O4/c1-4-36-27(35)23-13-25(19-9-11-21(28)12-10-19)31(17(23)2)16-26(34)30-29-14-20-15-32(18(3)33)24-8-6-5-7-22(20)24/h5-15H,4,16H2,1-3H3,(H,30,34)/b29-14+. The Morgan fingerprint density at radius 3 is 2.53 bits per heavy atom. The summed E-state index contributed by atoms with van der Waals surface area (Å²) in [5.41, 5.74) is 6.00. The number of nitrogens with one attached hydrogen (secondary N) is 1. The number of para-hydroxylation sites is 1. The predicted octanol–water partition coefficient (Wildman–Crippen LogP) is 4.54. The van der Waals surface area contributed by atoms with Crippen molar-refractivity contribution in [2.75, 3.05) is 6.61 Å². The minimum absolute atomic E-state index is 0.134. The molecule has 8 nitrogen and oxygen atoms in total. The molecule has 4 aromatic rings. The molecule has 0 aliphatic heterocycles. The summed E-state index contributed by atoms with van der Waals surface area (Å²) in [6.45, 7) is 4.98. The zero-order chi connectivity index (χ0) is 25.8. The Kier molecular flexibility index (Phi) is 7.10. The van der Waals surface area contributed by atoms with Crippen molar-refractivity contribution in [3.8, 4) is 11.3 Å². The van der Waals surface area contributed by atoms with Crippen LogP contribution in [0.3, 0.4) is 0 Å². The van der Waals surface area contributed by atoms with E-state index in [9.17, 15) is 18.8 Å². The van der Waals surface area contributed by atoms with E-state index in [-0.39, 0.29) is 19.1 Å². The summed E-state index contributed by atoms with van der Waals surface area (Å²) >= 11 is 0. The molecule has 0 saturated heterocycles. The molecule has 0 aliphatic rings. The summed E-state index contributed by atoms with van der Waals surface area (Å²) in [5, 5.41) is 4.90. The summed E-state index contributed by atoms with van der Waals surface area (Å²) < 4.78 is 21.8. The van der Waals surface area contributed by atoms with Crippen LogP contribution in [0.5, 0.6) is 0 Å². The third kappa shape index (κ3) is 4.95. The molecule has 0 bridgehead atoms. The molecule has 0 aliphatic carbocycles. The molecule has 0 radical (unpaired) electrons. The highest BCUT2D eigenvalue weighted by molar-refractivity contribution is 6.03. The minimum Gasteiger partial charge on any atom is -0.462 e. The number of aromatic nitrogens is 2. The second-order valence-corrected chi connectivity index (χ2v) is 8.13. The number of esters is 1. The number of halogens is 1. The van der Waals surface area contributed by atoms with Crippen LogP contribution in [0.25, 0.3) is 22.2 Å². The molecule has 4 rings (SSSR count).